The first kappa shape index (κ1) is 40.7. The van der Waals surface area contributed by atoms with E-state index in [0.717, 1.165) is 0 Å². The molecule has 0 unspecified atom stereocenters. The summed E-state index contributed by atoms with van der Waals surface area (Å²) in [6, 6.07) is 8.44. The van der Waals surface area contributed by atoms with Gasteiger partial charge >= 0.3 is 23.9 Å². The number of carbonyl (C=O) groups is 4. The van der Waals surface area contributed by atoms with Crippen LogP contribution in [0.3, 0.4) is 0 Å². The van der Waals surface area contributed by atoms with Gasteiger partial charge in [-0.1, -0.05) is 38.5 Å². The van der Waals surface area contributed by atoms with Crippen molar-refractivity contribution in [2.24, 2.45) is 0 Å². The molecule has 0 spiro atoms. The second kappa shape index (κ2) is 21.1. The minimum atomic E-state index is -0.935. The van der Waals surface area contributed by atoms with Crippen molar-refractivity contribution in [2.75, 3.05) is 0 Å². The summed E-state index contributed by atoms with van der Waals surface area (Å²) in [4.78, 5) is 38.4. The maximum atomic E-state index is 9.60. The van der Waals surface area contributed by atoms with Crippen molar-refractivity contribution in [2.45, 2.75) is 27.7 Å². The van der Waals surface area contributed by atoms with E-state index in [4.69, 9.17) is 25.5 Å². The Hall–Kier alpha value is -5.78. The number of hydrogen-bond donors (Lipinski definition) is 8. The van der Waals surface area contributed by atoms with Crippen LogP contribution in [0.4, 0.5) is 0 Å². The highest BCUT2D eigenvalue weighted by Crippen LogP contribution is 2.26. The Kier molecular flexibility index (Phi) is 20.4. The molecule has 2 aromatic rings. The monoisotopic (exact) mass is 588 g/mol. The first-order chi connectivity index (χ1) is 19.1. The van der Waals surface area contributed by atoms with Crippen molar-refractivity contribution in [3.63, 3.8) is 0 Å². The minimum absolute atomic E-state index is 0.0142. The minimum Gasteiger partial charge on any atom is -0.508 e. The molecule has 2 aromatic carbocycles. The van der Waals surface area contributed by atoms with Crippen LogP contribution < -0.4 is 0 Å². The Labute approximate surface area is 243 Å². The summed E-state index contributed by atoms with van der Waals surface area (Å²) in [5, 5.41) is 68.9. The molecule has 0 radical (unpaired) electrons. The van der Waals surface area contributed by atoms with E-state index < -0.39 is 23.9 Å². The molecule has 12 heteroatoms. The van der Waals surface area contributed by atoms with Gasteiger partial charge in [0.25, 0.3) is 0 Å². The maximum Gasteiger partial charge on any atom is 0.330 e. The van der Waals surface area contributed by atoms with E-state index >= 15 is 0 Å². The van der Waals surface area contributed by atoms with Crippen LogP contribution in [-0.2, 0) is 19.2 Å². The molecule has 0 aliphatic rings. The quantitative estimate of drug-likeness (QED) is 0.159. The van der Waals surface area contributed by atoms with E-state index in [-0.39, 0.29) is 45.3 Å². The van der Waals surface area contributed by atoms with Crippen LogP contribution in [0.5, 0.6) is 23.0 Å². The molecular formula is C30H36O12. The Morgan fingerprint density at radius 1 is 0.524 bits per heavy atom. The topological polar surface area (TPSA) is 230 Å². The summed E-state index contributed by atoms with van der Waals surface area (Å²) in [5.41, 5.74) is 1.82. The Morgan fingerprint density at radius 3 is 1.10 bits per heavy atom. The highest BCUT2D eigenvalue weighted by Gasteiger charge is 2.00. The molecule has 0 aromatic heterocycles. The number of phenolic OH excluding ortho intramolecular Hbond substituents is 4. The lowest BCUT2D eigenvalue weighted by atomic mass is 10.1. The summed E-state index contributed by atoms with van der Waals surface area (Å²) in [5.74, 6) is -3.88. The second-order valence-corrected chi connectivity index (χ2v) is 8.20. The van der Waals surface area contributed by atoms with E-state index in [2.05, 4.69) is 26.3 Å². The van der Waals surface area contributed by atoms with Crippen LogP contribution in [0.15, 0.2) is 85.0 Å². The zero-order valence-corrected chi connectivity index (χ0v) is 23.7. The first-order valence-electron chi connectivity index (χ1n) is 11.4. The predicted molar refractivity (Wildman–Crippen MR) is 158 cm³/mol. The summed E-state index contributed by atoms with van der Waals surface area (Å²) in [6.07, 6.45) is 3.24. The van der Waals surface area contributed by atoms with E-state index in [1.165, 1.54) is 58.0 Å². The SMILES string of the molecule is C=C(C)C(=O)O.C=C(C)C(=O)O.C=C(C)C(=O)O.C=C(C)C(=O)O.Oc1cc(O)cc(C=Cc2ccc(O)cc2O)c1. The number of aliphatic carboxylic acids is 4. The molecule has 0 fully saturated rings. The number of hydrogen-bond acceptors (Lipinski definition) is 8. The first-order valence-corrected chi connectivity index (χ1v) is 11.4. The second-order valence-electron chi connectivity index (χ2n) is 8.20. The Bertz CT molecular complexity index is 1170. The third-order valence-electron chi connectivity index (χ3n) is 3.85. The van der Waals surface area contributed by atoms with Crippen molar-refractivity contribution in [1.82, 2.24) is 0 Å². The van der Waals surface area contributed by atoms with Gasteiger partial charge < -0.3 is 40.9 Å². The molecule has 42 heavy (non-hydrogen) atoms. The highest BCUT2D eigenvalue weighted by atomic mass is 16.4. The normalized spacial score (nSPS) is 8.95. The molecule has 0 saturated heterocycles. The van der Waals surface area contributed by atoms with Crippen molar-refractivity contribution in [3.05, 3.63) is 96.1 Å². The molecule has 8 N–H and O–H groups in total. The Morgan fingerprint density at radius 2 is 0.833 bits per heavy atom. The number of carboxylic acid groups (broad SMARTS) is 4. The van der Waals surface area contributed by atoms with Gasteiger partial charge in [0.15, 0.2) is 0 Å². The largest absolute Gasteiger partial charge is 0.508 e. The number of benzene rings is 2. The molecule has 228 valence electrons. The fourth-order valence-corrected chi connectivity index (χ4v) is 1.57. The third kappa shape index (κ3) is 23.3. The molecule has 0 aliphatic heterocycles. The van der Waals surface area contributed by atoms with Crippen molar-refractivity contribution in [1.29, 1.82) is 0 Å². The van der Waals surface area contributed by atoms with Crippen LogP contribution in [0.2, 0.25) is 0 Å². The van der Waals surface area contributed by atoms with E-state index in [1.807, 2.05) is 0 Å². The zero-order chi connectivity index (χ0) is 33.7. The van der Waals surface area contributed by atoms with Crippen LogP contribution in [0.1, 0.15) is 38.8 Å². The lowest BCUT2D eigenvalue weighted by molar-refractivity contribution is -0.133. The van der Waals surface area contributed by atoms with Gasteiger partial charge in [-0.2, -0.15) is 0 Å². The predicted octanol–water partition coefficient (Wildman–Crippen LogP) is 5.27. The van der Waals surface area contributed by atoms with Gasteiger partial charge in [-0.15, -0.1) is 0 Å². The van der Waals surface area contributed by atoms with Gasteiger partial charge in [0.05, 0.1) is 0 Å². The van der Waals surface area contributed by atoms with Crippen LogP contribution in [-0.4, -0.2) is 64.7 Å². The Balaban J connectivity index is -0.000000525. The highest BCUT2D eigenvalue weighted by molar-refractivity contribution is 5.86. The van der Waals surface area contributed by atoms with Crippen LogP contribution >= 0.6 is 0 Å². The van der Waals surface area contributed by atoms with E-state index in [0.29, 0.717) is 11.1 Å². The lowest BCUT2D eigenvalue weighted by Crippen LogP contribution is -1.92. The fourth-order valence-electron chi connectivity index (χ4n) is 1.57. The van der Waals surface area contributed by atoms with Gasteiger partial charge in [0, 0.05) is 40.0 Å². The third-order valence-corrected chi connectivity index (χ3v) is 3.85. The smallest absolute Gasteiger partial charge is 0.330 e. The molecule has 0 heterocycles. The van der Waals surface area contributed by atoms with Crippen molar-refractivity contribution < 1.29 is 60.0 Å². The molecule has 12 nitrogen and oxygen atoms in total. The molecule has 0 bridgehead atoms. The van der Waals surface area contributed by atoms with Gasteiger partial charge in [0.1, 0.15) is 23.0 Å². The molecule has 0 amide bonds. The molecule has 2 rings (SSSR count). The van der Waals surface area contributed by atoms with Gasteiger partial charge in [0.2, 0.25) is 0 Å². The van der Waals surface area contributed by atoms with Crippen LogP contribution in [0, 0.1) is 0 Å². The summed E-state index contributed by atoms with van der Waals surface area (Å²) in [6.45, 7) is 18.4. The average molecular weight is 589 g/mol. The number of phenols is 4. The van der Waals surface area contributed by atoms with E-state index in [9.17, 15) is 34.5 Å². The van der Waals surface area contributed by atoms with Gasteiger partial charge in [-0.25, -0.2) is 19.2 Å². The molecular weight excluding hydrogens is 552 g/mol. The zero-order valence-electron chi connectivity index (χ0n) is 23.7. The van der Waals surface area contributed by atoms with Crippen LogP contribution in [0.25, 0.3) is 12.2 Å². The fraction of sp³-hybridized carbons (Fsp3) is 0.133. The summed E-state index contributed by atoms with van der Waals surface area (Å²) in [7, 11) is 0. The molecule has 0 atom stereocenters. The summed E-state index contributed by atoms with van der Waals surface area (Å²) < 4.78 is 0. The number of rotatable bonds is 6. The summed E-state index contributed by atoms with van der Waals surface area (Å²) >= 11 is 0. The standard InChI is InChI=1S/C14H12O4.4C4H6O2/c15-11-4-3-10(14(18)8-11)2-1-9-5-12(16)7-13(17)6-9;4*1-3(2)4(5)6/h1-8,15-18H;4*1H2,2H3,(H,5,6). The average Bonchev–Trinajstić information content (AvgIpc) is 2.84. The van der Waals surface area contributed by atoms with Gasteiger partial charge in [-0.05, 0) is 57.5 Å². The van der Waals surface area contributed by atoms with Gasteiger partial charge in [-0.3, -0.25) is 0 Å². The lowest BCUT2D eigenvalue weighted by Gasteiger charge is -2.01. The van der Waals surface area contributed by atoms with Crippen molar-refractivity contribution >= 4 is 36.0 Å². The number of aromatic hydroxyl groups is 4. The number of carboxylic acids is 4. The molecule has 0 aliphatic carbocycles. The van der Waals surface area contributed by atoms with E-state index in [1.54, 1.807) is 18.2 Å². The van der Waals surface area contributed by atoms with Crippen molar-refractivity contribution in [3.8, 4) is 23.0 Å². The molecule has 0 saturated carbocycles. The maximum absolute atomic E-state index is 9.60.